The molecule has 0 radical (unpaired) electrons. The molecule has 0 spiro atoms. The minimum Gasteiger partial charge on any atom is -0.493 e. The van der Waals surface area contributed by atoms with E-state index in [4.69, 9.17) is 25.4 Å². The third-order valence-electron chi connectivity index (χ3n) is 2.71. The Balaban J connectivity index is 3.19. The van der Waals surface area contributed by atoms with Gasteiger partial charge in [-0.3, -0.25) is 9.05 Å². The number of rotatable bonds is 8. The normalized spacial score (nSPS) is 14.7. The van der Waals surface area contributed by atoms with Crippen molar-refractivity contribution in [1.82, 2.24) is 9.97 Å². The van der Waals surface area contributed by atoms with E-state index in [1.807, 2.05) is 0 Å². The van der Waals surface area contributed by atoms with E-state index in [0.717, 1.165) is 0 Å². The second-order valence-electron chi connectivity index (χ2n) is 5.04. The fourth-order valence-electron chi connectivity index (χ4n) is 1.62. The standard InChI is InChI=1S/C13H20F3N2O4PS/c1-5-9-11(19)17-10(8(3)4)18-12(9)22-23(24,20-6-2)21-7-13(14,15)16/h8H,5-7H2,1-4H3,(H,17,18,19). The van der Waals surface area contributed by atoms with Gasteiger partial charge in [-0.25, -0.2) is 0 Å². The molecule has 1 atom stereocenters. The van der Waals surface area contributed by atoms with Crippen LogP contribution in [-0.4, -0.2) is 34.5 Å². The summed E-state index contributed by atoms with van der Waals surface area (Å²) in [5, 5.41) is 9.99. The summed E-state index contributed by atoms with van der Waals surface area (Å²) in [7, 11) is 0. The second kappa shape index (κ2) is 8.42. The molecule has 0 amide bonds. The van der Waals surface area contributed by atoms with E-state index >= 15 is 0 Å². The smallest absolute Gasteiger partial charge is 0.412 e. The number of aromatic hydroxyl groups is 1. The summed E-state index contributed by atoms with van der Waals surface area (Å²) in [4.78, 5) is 8.09. The van der Waals surface area contributed by atoms with Crippen LogP contribution in [0, 0.1) is 0 Å². The second-order valence-corrected chi connectivity index (χ2v) is 7.98. The number of halogens is 3. The highest BCUT2D eigenvalue weighted by molar-refractivity contribution is 8.07. The van der Waals surface area contributed by atoms with E-state index in [1.54, 1.807) is 27.7 Å². The zero-order valence-corrected chi connectivity index (χ0v) is 15.5. The molecule has 0 saturated carbocycles. The molecule has 1 aromatic heterocycles. The maximum Gasteiger partial charge on any atom is 0.412 e. The van der Waals surface area contributed by atoms with Crippen LogP contribution in [-0.2, 0) is 27.3 Å². The summed E-state index contributed by atoms with van der Waals surface area (Å²) in [5.41, 5.74) is 0.226. The fourth-order valence-corrected chi connectivity index (χ4v) is 3.47. The largest absolute Gasteiger partial charge is 0.493 e. The summed E-state index contributed by atoms with van der Waals surface area (Å²) in [6.07, 6.45) is -4.28. The van der Waals surface area contributed by atoms with Crippen molar-refractivity contribution in [2.75, 3.05) is 13.2 Å². The van der Waals surface area contributed by atoms with Gasteiger partial charge in [0.1, 0.15) is 5.82 Å². The van der Waals surface area contributed by atoms with Crippen LogP contribution in [0.15, 0.2) is 0 Å². The van der Waals surface area contributed by atoms with Gasteiger partial charge in [-0.05, 0) is 13.3 Å². The number of aromatic nitrogens is 2. The Labute approximate surface area is 143 Å². The predicted molar refractivity (Wildman–Crippen MR) is 85.7 cm³/mol. The zero-order chi connectivity index (χ0) is 18.5. The van der Waals surface area contributed by atoms with E-state index in [9.17, 15) is 18.3 Å². The Morgan fingerprint density at radius 2 is 1.83 bits per heavy atom. The van der Waals surface area contributed by atoms with E-state index in [-0.39, 0.29) is 35.7 Å². The Kier molecular flexibility index (Phi) is 7.40. The summed E-state index contributed by atoms with van der Waals surface area (Å²) in [6, 6.07) is 0. The molecule has 0 bridgehead atoms. The first-order valence-corrected chi connectivity index (χ1v) is 9.82. The summed E-state index contributed by atoms with van der Waals surface area (Å²) >= 11 is 5.01. The highest BCUT2D eigenvalue weighted by atomic mass is 32.5. The van der Waals surface area contributed by atoms with Crippen molar-refractivity contribution in [2.45, 2.75) is 46.2 Å². The molecule has 1 N–H and O–H groups in total. The maximum absolute atomic E-state index is 12.4. The first-order valence-electron chi connectivity index (χ1n) is 7.26. The molecule has 0 aliphatic heterocycles. The van der Waals surface area contributed by atoms with E-state index < -0.39 is 19.5 Å². The van der Waals surface area contributed by atoms with E-state index in [2.05, 4.69) is 9.97 Å². The zero-order valence-electron chi connectivity index (χ0n) is 13.8. The van der Waals surface area contributed by atoms with Gasteiger partial charge < -0.3 is 9.63 Å². The minimum absolute atomic E-state index is 0.00466. The predicted octanol–water partition coefficient (Wildman–Crippen LogP) is 4.09. The van der Waals surface area contributed by atoms with Gasteiger partial charge >= 0.3 is 12.9 Å². The molecular formula is C13H20F3N2O4PS. The van der Waals surface area contributed by atoms with Gasteiger partial charge in [0, 0.05) is 17.7 Å². The lowest BCUT2D eigenvalue weighted by Crippen LogP contribution is -2.18. The molecule has 0 aliphatic rings. The molecule has 0 aromatic carbocycles. The molecular weight excluding hydrogens is 368 g/mol. The van der Waals surface area contributed by atoms with Crippen LogP contribution in [0.25, 0.3) is 0 Å². The van der Waals surface area contributed by atoms with Gasteiger partial charge in [0.15, 0.2) is 6.61 Å². The average Bonchev–Trinajstić information content (AvgIpc) is 2.44. The molecule has 1 heterocycles. The third kappa shape index (κ3) is 6.16. The van der Waals surface area contributed by atoms with Crippen LogP contribution >= 0.6 is 6.72 Å². The quantitative estimate of drug-likeness (QED) is 0.673. The third-order valence-corrected chi connectivity index (χ3v) is 4.98. The van der Waals surface area contributed by atoms with Crippen LogP contribution in [0.2, 0.25) is 0 Å². The SMILES string of the molecule is CCOP(=S)(OCC(F)(F)F)Oc1nc(C(C)C)nc(O)c1CC. The fraction of sp³-hybridized carbons (Fsp3) is 0.692. The van der Waals surface area contributed by atoms with Crippen LogP contribution in [0.4, 0.5) is 13.2 Å². The van der Waals surface area contributed by atoms with Crippen molar-refractivity contribution in [3.63, 3.8) is 0 Å². The molecule has 0 fully saturated rings. The number of hydrogen-bond acceptors (Lipinski definition) is 7. The average molecular weight is 388 g/mol. The van der Waals surface area contributed by atoms with Gasteiger partial charge in [-0.1, -0.05) is 20.8 Å². The number of hydrogen-bond donors (Lipinski definition) is 1. The van der Waals surface area contributed by atoms with Crippen molar-refractivity contribution in [2.24, 2.45) is 0 Å². The van der Waals surface area contributed by atoms with Crippen LogP contribution in [0.5, 0.6) is 11.8 Å². The summed E-state index contributed by atoms with van der Waals surface area (Å²) in [5.74, 6) is -0.286. The Morgan fingerprint density at radius 3 is 2.29 bits per heavy atom. The van der Waals surface area contributed by atoms with E-state index in [0.29, 0.717) is 6.42 Å². The summed E-state index contributed by atoms with van der Waals surface area (Å²) < 4.78 is 52.4. The molecule has 0 saturated heterocycles. The van der Waals surface area contributed by atoms with Gasteiger partial charge in [0.2, 0.25) is 11.8 Å². The molecule has 1 unspecified atom stereocenters. The van der Waals surface area contributed by atoms with E-state index in [1.165, 1.54) is 0 Å². The van der Waals surface area contributed by atoms with Gasteiger partial charge in [0.25, 0.3) is 0 Å². The molecule has 11 heteroatoms. The number of alkyl halides is 3. The highest BCUT2D eigenvalue weighted by Gasteiger charge is 2.34. The Morgan fingerprint density at radius 1 is 1.21 bits per heavy atom. The first-order chi connectivity index (χ1) is 11.0. The van der Waals surface area contributed by atoms with Crippen LogP contribution in [0.3, 0.4) is 0 Å². The van der Waals surface area contributed by atoms with Gasteiger partial charge in [-0.15, -0.1) is 0 Å². The van der Waals surface area contributed by atoms with Gasteiger partial charge in [0.05, 0.1) is 12.2 Å². The van der Waals surface area contributed by atoms with Crippen molar-refractivity contribution in [3.05, 3.63) is 11.4 Å². The topological polar surface area (TPSA) is 73.7 Å². The lowest BCUT2D eigenvalue weighted by molar-refractivity contribution is -0.155. The molecule has 1 aromatic rings. The Hall–Kier alpha value is -0.960. The lowest BCUT2D eigenvalue weighted by Gasteiger charge is -2.23. The highest BCUT2D eigenvalue weighted by Crippen LogP contribution is 2.51. The van der Waals surface area contributed by atoms with Crippen molar-refractivity contribution < 1.29 is 31.8 Å². The molecule has 6 nitrogen and oxygen atoms in total. The van der Waals surface area contributed by atoms with Crippen molar-refractivity contribution >= 4 is 18.5 Å². The maximum atomic E-state index is 12.4. The van der Waals surface area contributed by atoms with Crippen LogP contribution in [0.1, 0.15) is 45.0 Å². The minimum atomic E-state index is -4.57. The first kappa shape index (κ1) is 21.1. The van der Waals surface area contributed by atoms with Crippen molar-refractivity contribution in [3.8, 4) is 11.8 Å². The Bertz CT molecular complexity index is 614. The van der Waals surface area contributed by atoms with Crippen molar-refractivity contribution in [1.29, 1.82) is 0 Å². The molecule has 138 valence electrons. The lowest BCUT2D eigenvalue weighted by atomic mass is 10.2. The molecule has 0 aliphatic carbocycles. The summed E-state index contributed by atoms with van der Waals surface area (Å²) in [6.45, 7) is 1.52. The van der Waals surface area contributed by atoms with Crippen LogP contribution < -0.4 is 4.52 Å². The van der Waals surface area contributed by atoms with Gasteiger partial charge in [-0.2, -0.15) is 23.1 Å². The molecule has 1 rings (SSSR count). The monoisotopic (exact) mass is 388 g/mol. The molecule has 24 heavy (non-hydrogen) atoms. The number of nitrogens with zero attached hydrogens (tertiary/aromatic N) is 2.